The molecule has 1 aliphatic rings. The molecule has 1 fully saturated rings. The fourth-order valence-electron chi connectivity index (χ4n) is 2.46. The van der Waals surface area contributed by atoms with Crippen LogP contribution in [-0.4, -0.2) is 40.1 Å². The van der Waals surface area contributed by atoms with Gasteiger partial charge in [0.2, 0.25) is 0 Å². The van der Waals surface area contributed by atoms with Crippen molar-refractivity contribution in [1.29, 1.82) is 0 Å². The molecule has 0 amide bonds. The summed E-state index contributed by atoms with van der Waals surface area (Å²) in [7, 11) is 1.94. The molecule has 0 N–H and O–H groups in total. The van der Waals surface area contributed by atoms with Crippen molar-refractivity contribution in [3.63, 3.8) is 0 Å². The van der Waals surface area contributed by atoms with E-state index in [2.05, 4.69) is 30.8 Å². The van der Waals surface area contributed by atoms with Crippen LogP contribution in [0.5, 0.6) is 0 Å². The maximum atomic E-state index is 11.6. The summed E-state index contributed by atoms with van der Waals surface area (Å²) in [6, 6.07) is 0. The van der Waals surface area contributed by atoms with Crippen LogP contribution >= 0.6 is 0 Å². The highest BCUT2D eigenvalue weighted by Gasteiger charge is 2.16. The molecule has 0 spiro atoms. The maximum absolute atomic E-state index is 11.6. The van der Waals surface area contributed by atoms with Crippen molar-refractivity contribution < 1.29 is 4.79 Å². The number of piperidine rings is 1. The second kappa shape index (κ2) is 9.78. The molecule has 1 aromatic heterocycles. The molecule has 4 nitrogen and oxygen atoms in total. The first-order valence-electron chi connectivity index (χ1n) is 8.67. The zero-order valence-electron chi connectivity index (χ0n) is 15.0. The van der Waals surface area contributed by atoms with Crippen LogP contribution < -0.4 is 0 Å². The summed E-state index contributed by atoms with van der Waals surface area (Å²) in [5.41, 5.74) is 1.30. The predicted molar refractivity (Wildman–Crippen MR) is 92.1 cm³/mol. The first-order chi connectivity index (χ1) is 10.4. The maximum Gasteiger partial charge on any atom is 0.149 e. The number of ketones is 1. The molecule has 0 radical (unpaired) electrons. The summed E-state index contributed by atoms with van der Waals surface area (Å²) in [6.45, 7) is 11.4. The van der Waals surface area contributed by atoms with Crippen molar-refractivity contribution in [1.82, 2.24) is 14.7 Å². The van der Waals surface area contributed by atoms with Gasteiger partial charge in [0.05, 0.1) is 12.7 Å². The number of hydrogen-bond acceptors (Lipinski definition) is 3. The molecule has 1 saturated heterocycles. The van der Waals surface area contributed by atoms with Crippen LogP contribution in [0.3, 0.4) is 0 Å². The van der Waals surface area contributed by atoms with Gasteiger partial charge >= 0.3 is 0 Å². The van der Waals surface area contributed by atoms with Gasteiger partial charge in [0.25, 0.3) is 0 Å². The minimum Gasteiger partial charge on any atom is -0.298 e. The Morgan fingerprint density at radius 1 is 1.23 bits per heavy atom. The van der Waals surface area contributed by atoms with E-state index in [0.29, 0.717) is 18.2 Å². The highest BCUT2D eigenvalue weighted by Crippen LogP contribution is 2.11. The number of carbonyl (C=O) groups excluding carboxylic acids is 1. The Kier molecular flexibility index (Phi) is 8.39. The number of nitrogens with zero attached hydrogens (tertiary/aromatic N) is 3. The SMILES string of the molecule is CC(C)c1cnn(C)c1.CCC(C)C(=O)CN1CCCCC1. The minimum absolute atomic E-state index is 0.252. The highest BCUT2D eigenvalue weighted by molar-refractivity contribution is 5.82. The molecular weight excluding hydrogens is 274 g/mol. The first kappa shape index (κ1) is 18.9. The van der Waals surface area contributed by atoms with E-state index in [4.69, 9.17) is 0 Å². The zero-order chi connectivity index (χ0) is 16.5. The molecular formula is C18H33N3O. The predicted octanol–water partition coefficient (Wildman–Crippen LogP) is 3.63. The third kappa shape index (κ3) is 6.73. The van der Waals surface area contributed by atoms with E-state index in [1.165, 1.54) is 24.8 Å². The van der Waals surface area contributed by atoms with Crippen LogP contribution in [-0.2, 0) is 11.8 Å². The second-order valence-electron chi connectivity index (χ2n) is 6.71. The summed E-state index contributed by atoms with van der Waals surface area (Å²) >= 11 is 0. The average molecular weight is 307 g/mol. The fourth-order valence-corrected chi connectivity index (χ4v) is 2.46. The molecule has 1 unspecified atom stereocenters. The molecule has 0 aliphatic carbocycles. The summed E-state index contributed by atoms with van der Waals surface area (Å²) in [4.78, 5) is 13.9. The van der Waals surface area contributed by atoms with Crippen molar-refractivity contribution in [3.05, 3.63) is 18.0 Å². The van der Waals surface area contributed by atoms with Crippen LogP contribution in [0.25, 0.3) is 0 Å². The van der Waals surface area contributed by atoms with E-state index in [9.17, 15) is 4.79 Å². The Labute approximate surface area is 135 Å². The Morgan fingerprint density at radius 2 is 1.86 bits per heavy atom. The standard InChI is InChI=1S/C11H21NO.C7H12N2/c1-3-10(2)11(13)9-12-7-5-4-6-8-12;1-6(2)7-4-8-9(3)5-7/h10H,3-9H2,1-2H3;4-6H,1-3H3. The molecule has 0 bridgehead atoms. The van der Waals surface area contributed by atoms with Gasteiger partial charge in [0.15, 0.2) is 0 Å². The van der Waals surface area contributed by atoms with Gasteiger partial charge in [-0.25, -0.2) is 0 Å². The van der Waals surface area contributed by atoms with E-state index in [0.717, 1.165) is 19.5 Å². The van der Waals surface area contributed by atoms with Gasteiger partial charge in [-0.15, -0.1) is 0 Å². The Balaban J connectivity index is 0.000000235. The number of hydrogen-bond donors (Lipinski definition) is 0. The van der Waals surface area contributed by atoms with Crippen molar-refractivity contribution in [2.45, 2.75) is 59.3 Å². The molecule has 1 atom stereocenters. The van der Waals surface area contributed by atoms with Crippen molar-refractivity contribution in [2.75, 3.05) is 19.6 Å². The number of Topliss-reactive ketones (excluding diaryl/α,β-unsaturated/α-hetero) is 1. The zero-order valence-corrected chi connectivity index (χ0v) is 15.0. The molecule has 1 aromatic rings. The third-order valence-electron chi connectivity index (χ3n) is 4.38. The minimum atomic E-state index is 0.252. The molecule has 4 heteroatoms. The molecule has 1 aliphatic heterocycles. The summed E-state index contributed by atoms with van der Waals surface area (Å²) in [5.74, 6) is 1.27. The molecule has 2 rings (SSSR count). The third-order valence-corrected chi connectivity index (χ3v) is 4.38. The summed E-state index contributed by atoms with van der Waals surface area (Å²) in [6.07, 6.45) is 8.82. The highest BCUT2D eigenvalue weighted by atomic mass is 16.1. The number of aromatic nitrogens is 2. The van der Waals surface area contributed by atoms with E-state index in [-0.39, 0.29) is 5.92 Å². The summed E-state index contributed by atoms with van der Waals surface area (Å²) < 4.78 is 1.83. The van der Waals surface area contributed by atoms with Gasteiger partial charge in [0.1, 0.15) is 5.78 Å². The van der Waals surface area contributed by atoms with Gasteiger partial charge in [-0.2, -0.15) is 5.10 Å². The van der Waals surface area contributed by atoms with Crippen LogP contribution in [0.4, 0.5) is 0 Å². The number of carbonyl (C=O) groups is 1. The van der Waals surface area contributed by atoms with E-state index < -0.39 is 0 Å². The topological polar surface area (TPSA) is 38.1 Å². The second-order valence-corrected chi connectivity index (χ2v) is 6.71. The molecule has 22 heavy (non-hydrogen) atoms. The lowest BCUT2D eigenvalue weighted by Gasteiger charge is -2.26. The number of rotatable bonds is 5. The Bertz CT molecular complexity index is 433. The van der Waals surface area contributed by atoms with Gasteiger partial charge in [-0.05, 0) is 43.8 Å². The fraction of sp³-hybridized carbons (Fsp3) is 0.778. The number of aryl methyl sites for hydroxylation is 1. The Hall–Kier alpha value is -1.16. The van der Waals surface area contributed by atoms with E-state index >= 15 is 0 Å². The smallest absolute Gasteiger partial charge is 0.149 e. The van der Waals surface area contributed by atoms with E-state index in [1.54, 1.807) is 0 Å². The van der Waals surface area contributed by atoms with Crippen LogP contribution in [0.15, 0.2) is 12.4 Å². The van der Waals surface area contributed by atoms with Crippen LogP contribution in [0, 0.1) is 5.92 Å². The quantitative estimate of drug-likeness (QED) is 0.833. The van der Waals surface area contributed by atoms with Gasteiger partial charge in [-0.1, -0.05) is 34.1 Å². The van der Waals surface area contributed by atoms with Crippen molar-refractivity contribution in [2.24, 2.45) is 13.0 Å². The normalized spacial score (nSPS) is 17.0. The largest absolute Gasteiger partial charge is 0.298 e. The van der Waals surface area contributed by atoms with Gasteiger partial charge in [0, 0.05) is 19.2 Å². The molecule has 2 heterocycles. The molecule has 126 valence electrons. The average Bonchev–Trinajstić information content (AvgIpc) is 2.95. The molecule has 0 aromatic carbocycles. The van der Waals surface area contributed by atoms with Crippen LogP contribution in [0.1, 0.15) is 64.9 Å². The Morgan fingerprint density at radius 3 is 2.27 bits per heavy atom. The summed E-state index contributed by atoms with van der Waals surface area (Å²) in [5, 5.41) is 4.05. The lowest BCUT2D eigenvalue weighted by molar-refractivity contribution is -0.123. The lowest BCUT2D eigenvalue weighted by Crippen LogP contribution is -2.36. The monoisotopic (exact) mass is 307 g/mol. The van der Waals surface area contributed by atoms with Gasteiger partial charge in [-0.3, -0.25) is 14.4 Å². The van der Waals surface area contributed by atoms with Gasteiger partial charge < -0.3 is 0 Å². The van der Waals surface area contributed by atoms with Crippen molar-refractivity contribution in [3.8, 4) is 0 Å². The van der Waals surface area contributed by atoms with Crippen molar-refractivity contribution >= 4 is 5.78 Å². The number of likely N-dealkylation sites (tertiary alicyclic amines) is 1. The van der Waals surface area contributed by atoms with Crippen LogP contribution in [0.2, 0.25) is 0 Å². The van der Waals surface area contributed by atoms with E-state index in [1.807, 2.05) is 31.0 Å². The molecule has 0 saturated carbocycles. The lowest BCUT2D eigenvalue weighted by atomic mass is 10.0. The first-order valence-corrected chi connectivity index (χ1v) is 8.67.